The predicted octanol–water partition coefficient (Wildman–Crippen LogP) is 1.70. The summed E-state index contributed by atoms with van der Waals surface area (Å²) in [7, 11) is 0. The number of alkyl halides is 3. The van der Waals surface area contributed by atoms with Crippen molar-refractivity contribution < 1.29 is 17.9 Å². The van der Waals surface area contributed by atoms with E-state index in [9.17, 15) is 13.2 Å². The van der Waals surface area contributed by atoms with E-state index in [-0.39, 0.29) is 6.54 Å². The van der Waals surface area contributed by atoms with Gasteiger partial charge < -0.3 is 10.1 Å². The Kier molecular flexibility index (Phi) is 5.03. The first-order valence-electron chi connectivity index (χ1n) is 5.29. The maximum atomic E-state index is 12.1. The quantitative estimate of drug-likeness (QED) is 0.684. The lowest BCUT2D eigenvalue weighted by Crippen LogP contribution is -2.34. The van der Waals surface area contributed by atoms with Gasteiger partial charge in [-0.2, -0.15) is 18.4 Å². The Morgan fingerprint density at radius 3 is 2.62 bits per heavy atom. The Hall–Kier alpha value is -0.800. The molecule has 0 heterocycles. The first-order chi connectivity index (χ1) is 7.54. The van der Waals surface area contributed by atoms with Crippen LogP contribution in [0, 0.1) is 23.2 Å². The van der Waals surface area contributed by atoms with Gasteiger partial charge in [0, 0.05) is 19.7 Å². The predicted molar refractivity (Wildman–Crippen MR) is 51.6 cm³/mol. The summed E-state index contributed by atoms with van der Waals surface area (Å²) in [6.07, 6.45) is -2.06. The van der Waals surface area contributed by atoms with Crippen molar-refractivity contribution in [2.45, 2.75) is 19.0 Å². The van der Waals surface area contributed by atoms with E-state index in [1.165, 1.54) is 18.9 Å². The van der Waals surface area contributed by atoms with Gasteiger partial charge in [0.25, 0.3) is 0 Å². The highest BCUT2D eigenvalue weighted by Crippen LogP contribution is 2.28. The van der Waals surface area contributed by atoms with Crippen LogP contribution in [-0.4, -0.2) is 32.5 Å². The largest absolute Gasteiger partial charge is 0.405 e. The average molecular weight is 236 g/mol. The summed E-state index contributed by atoms with van der Waals surface area (Å²) in [5, 5.41) is 10.9. The van der Waals surface area contributed by atoms with Gasteiger partial charge >= 0.3 is 6.18 Å². The lowest BCUT2D eigenvalue weighted by molar-refractivity contribution is -0.157. The van der Waals surface area contributed by atoms with Gasteiger partial charge in [-0.25, -0.2) is 0 Å². The molecule has 0 aromatic heterocycles. The molecule has 0 aliphatic heterocycles. The van der Waals surface area contributed by atoms with Crippen LogP contribution in [0.3, 0.4) is 0 Å². The smallest absolute Gasteiger partial charge is 0.380 e. The Morgan fingerprint density at radius 1 is 1.44 bits per heavy atom. The first-order valence-corrected chi connectivity index (χ1v) is 5.29. The summed E-state index contributed by atoms with van der Waals surface area (Å²) in [6, 6.07) is 1.23. The van der Waals surface area contributed by atoms with Crippen LogP contribution in [0.4, 0.5) is 13.2 Å². The molecule has 1 aliphatic carbocycles. The second-order valence-electron chi connectivity index (χ2n) is 3.95. The molecule has 0 saturated heterocycles. The number of nitrogens with one attached hydrogen (secondary N) is 1. The van der Waals surface area contributed by atoms with Crippen LogP contribution in [0.2, 0.25) is 0 Å². The van der Waals surface area contributed by atoms with E-state index in [1.807, 2.05) is 0 Å². The molecule has 0 aromatic carbocycles. The monoisotopic (exact) mass is 236 g/mol. The number of halogens is 3. The number of nitrogens with zero attached hydrogens (tertiary/aromatic N) is 1. The van der Waals surface area contributed by atoms with Gasteiger partial charge in [-0.1, -0.05) is 0 Å². The van der Waals surface area contributed by atoms with Gasteiger partial charge in [-0.05, 0) is 18.8 Å². The maximum Gasteiger partial charge on any atom is 0.405 e. The Morgan fingerprint density at radius 2 is 2.12 bits per heavy atom. The second-order valence-corrected chi connectivity index (χ2v) is 3.95. The summed E-state index contributed by atoms with van der Waals surface area (Å²) in [5.74, 6) is -1.28. The van der Waals surface area contributed by atoms with Crippen LogP contribution in [-0.2, 0) is 4.74 Å². The van der Waals surface area contributed by atoms with Crippen LogP contribution >= 0.6 is 0 Å². The van der Waals surface area contributed by atoms with Crippen molar-refractivity contribution >= 4 is 0 Å². The van der Waals surface area contributed by atoms with E-state index in [2.05, 4.69) is 5.32 Å². The fraction of sp³-hybridized carbons (Fsp3) is 0.900. The number of hydrogen-bond acceptors (Lipinski definition) is 3. The molecular formula is C10H15F3N2O. The third kappa shape index (κ3) is 5.33. The molecule has 0 bridgehead atoms. The van der Waals surface area contributed by atoms with Gasteiger partial charge in [0.2, 0.25) is 0 Å². The number of nitriles is 1. The third-order valence-corrected chi connectivity index (χ3v) is 2.37. The molecule has 0 spiro atoms. The Bertz CT molecular complexity index is 245. The maximum absolute atomic E-state index is 12.1. The lowest BCUT2D eigenvalue weighted by Gasteiger charge is -2.13. The van der Waals surface area contributed by atoms with Crippen molar-refractivity contribution in [2.24, 2.45) is 11.8 Å². The molecule has 1 saturated carbocycles. The number of ether oxygens (including phenoxy) is 1. The van der Waals surface area contributed by atoms with Crippen LogP contribution in [0.5, 0.6) is 0 Å². The molecule has 1 atom stereocenters. The van der Waals surface area contributed by atoms with E-state index in [1.54, 1.807) is 0 Å². The van der Waals surface area contributed by atoms with Crippen molar-refractivity contribution in [3.05, 3.63) is 0 Å². The van der Waals surface area contributed by atoms with Crippen molar-refractivity contribution in [1.29, 1.82) is 5.26 Å². The van der Waals surface area contributed by atoms with Crippen molar-refractivity contribution in [3.63, 3.8) is 0 Å². The van der Waals surface area contributed by atoms with Crippen molar-refractivity contribution in [1.82, 2.24) is 5.32 Å². The van der Waals surface area contributed by atoms with Crippen molar-refractivity contribution in [3.8, 4) is 6.07 Å². The first kappa shape index (κ1) is 13.3. The summed E-state index contributed by atoms with van der Waals surface area (Å²) in [4.78, 5) is 0. The molecule has 1 rings (SSSR count). The van der Waals surface area contributed by atoms with E-state index >= 15 is 0 Å². The zero-order valence-corrected chi connectivity index (χ0v) is 8.89. The lowest BCUT2D eigenvalue weighted by atomic mass is 10.1. The minimum absolute atomic E-state index is 0.348. The van der Waals surface area contributed by atoms with Crippen molar-refractivity contribution in [2.75, 3.05) is 26.3 Å². The van der Waals surface area contributed by atoms with E-state index in [0.29, 0.717) is 25.7 Å². The highest BCUT2D eigenvalue weighted by Gasteiger charge is 2.39. The molecule has 0 amide bonds. The summed E-state index contributed by atoms with van der Waals surface area (Å²) < 4.78 is 41.6. The Labute approximate surface area is 92.6 Å². The van der Waals surface area contributed by atoms with E-state index in [4.69, 9.17) is 10.00 Å². The highest BCUT2D eigenvalue weighted by molar-refractivity contribution is 4.89. The number of hydrogen-bond donors (Lipinski definition) is 1. The van der Waals surface area contributed by atoms with Gasteiger partial charge in [0.05, 0.1) is 12.7 Å². The average Bonchev–Trinajstić information content (AvgIpc) is 2.98. The molecule has 6 heteroatoms. The van der Waals surface area contributed by atoms with E-state index in [0.717, 1.165) is 0 Å². The summed E-state index contributed by atoms with van der Waals surface area (Å²) >= 11 is 0. The van der Waals surface area contributed by atoms with Gasteiger partial charge in [-0.3, -0.25) is 0 Å². The van der Waals surface area contributed by atoms with Crippen LogP contribution in [0.25, 0.3) is 0 Å². The molecule has 1 unspecified atom stereocenters. The summed E-state index contributed by atoms with van der Waals surface area (Å²) in [6.45, 7) is 1.07. The minimum atomic E-state index is -4.45. The fourth-order valence-electron chi connectivity index (χ4n) is 1.16. The third-order valence-electron chi connectivity index (χ3n) is 2.37. The Balaban J connectivity index is 1.98. The van der Waals surface area contributed by atoms with Gasteiger partial charge in [0.15, 0.2) is 5.92 Å². The molecule has 1 aliphatic rings. The second kappa shape index (κ2) is 6.06. The fourth-order valence-corrected chi connectivity index (χ4v) is 1.16. The van der Waals surface area contributed by atoms with Crippen LogP contribution in [0.15, 0.2) is 0 Å². The van der Waals surface area contributed by atoms with Crippen LogP contribution in [0.1, 0.15) is 12.8 Å². The molecule has 1 fully saturated rings. The molecule has 92 valence electrons. The normalized spacial score (nSPS) is 18.1. The molecule has 16 heavy (non-hydrogen) atoms. The molecular weight excluding hydrogens is 221 g/mol. The molecule has 3 nitrogen and oxygen atoms in total. The molecule has 0 aromatic rings. The SMILES string of the molecule is N#CC(CNCCOCC1CC1)C(F)(F)F. The topological polar surface area (TPSA) is 45.0 Å². The minimum Gasteiger partial charge on any atom is -0.380 e. The summed E-state index contributed by atoms with van der Waals surface area (Å²) in [5.41, 5.74) is 0. The number of rotatable bonds is 7. The van der Waals surface area contributed by atoms with Gasteiger partial charge in [0.1, 0.15) is 0 Å². The molecule has 0 radical (unpaired) electrons. The van der Waals surface area contributed by atoms with E-state index < -0.39 is 12.1 Å². The zero-order chi connectivity index (χ0) is 12.0. The van der Waals surface area contributed by atoms with Crippen LogP contribution < -0.4 is 5.32 Å². The standard InChI is InChI=1S/C10H15F3N2O/c11-10(12,13)9(5-14)6-15-3-4-16-7-8-1-2-8/h8-9,15H,1-4,6-7H2. The van der Waals surface area contributed by atoms with Gasteiger partial charge in [-0.15, -0.1) is 0 Å². The highest BCUT2D eigenvalue weighted by atomic mass is 19.4. The molecule has 1 N–H and O–H groups in total. The zero-order valence-electron chi connectivity index (χ0n) is 8.89.